The third-order valence-electron chi connectivity index (χ3n) is 3.06. The van der Waals surface area contributed by atoms with Gasteiger partial charge in [-0.15, -0.1) is 0 Å². The van der Waals surface area contributed by atoms with Crippen LogP contribution in [0.15, 0.2) is 24.3 Å². The van der Waals surface area contributed by atoms with Crippen LogP contribution in [-0.2, 0) is 4.74 Å². The molecule has 1 fully saturated rings. The predicted molar refractivity (Wildman–Crippen MR) is 74.8 cm³/mol. The molecule has 2 rings (SSSR count). The Morgan fingerprint density at radius 1 is 1.42 bits per heavy atom. The zero-order valence-electron chi connectivity index (χ0n) is 10.8. The summed E-state index contributed by atoms with van der Waals surface area (Å²) in [4.78, 5) is 0. The molecule has 0 spiro atoms. The van der Waals surface area contributed by atoms with Gasteiger partial charge >= 0.3 is 0 Å². The van der Waals surface area contributed by atoms with Gasteiger partial charge in [0.15, 0.2) is 0 Å². The van der Waals surface area contributed by atoms with Crippen molar-refractivity contribution in [3.8, 4) is 5.75 Å². The van der Waals surface area contributed by atoms with Crippen LogP contribution in [0, 0.1) is 0 Å². The van der Waals surface area contributed by atoms with E-state index in [0.717, 1.165) is 26.1 Å². The maximum Gasteiger partial charge on any atom is 0.119 e. The summed E-state index contributed by atoms with van der Waals surface area (Å²) in [5, 5.41) is 13.8. The van der Waals surface area contributed by atoms with Gasteiger partial charge in [-0.3, -0.25) is 0 Å². The highest BCUT2D eigenvalue weighted by molar-refractivity contribution is 6.30. The Hall–Kier alpha value is -0.810. The Labute approximate surface area is 118 Å². The van der Waals surface area contributed by atoms with E-state index in [4.69, 9.17) is 21.1 Å². The zero-order chi connectivity index (χ0) is 13.5. The lowest BCUT2D eigenvalue weighted by molar-refractivity contribution is 0.0572. The number of hydrogen-bond acceptors (Lipinski definition) is 4. The summed E-state index contributed by atoms with van der Waals surface area (Å²) >= 11 is 5.78. The number of benzene rings is 1. The molecule has 2 N–H and O–H groups in total. The van der Waals surface area contributed by atoms with E-state index in [-0.39, 0.29) is 6.61 Å². The number of halogens is 1. The van der Waals surface area contributed by atoms with Gasteiger partial charge in [-0.25, -0.2) is 0 Å². The summed E-state index contributed by atoms with van der Waals surface area (Å²) in [6, 6.07) is 7.45. The molecule has 19 heavy (non-hydrogen) atoms. The summed E-state index contributed by atoms with van der Waals surface area (Å²) in [5.74, 6) is 0.712. The Balaban J connectivity index is 1.63. The van der Waals surface area contributed by atoms with E-state index in [1.54, 1.807) is 24.3 Å². The summed E-state index contributed by atoms with van der Waals surface area (Å²) in [5.41, 5.74) is 0. The molecule has 0 amide bonds. The number of ether oxygens (including phenoxy) is 2. The molecule has 2 unspecified atom stereocenters. The van der Waals surface area contributed by atoms with Crippen molar-refractivity contribution in [2.45, 2.75) is 25.0 Å². The average molecular weight is 286 g/mol. The van der Waals surface area contributed by atoms with Crippen molar-refractivity contribution in [2.24, 2.45) is 0 Å². The van der Waals surface area contributed by atoms with Crippen molar-refractivity contribution in [3.05, 3.63) is 29.3 Å². The minimum atomic E-state index is -0.530. The van der Waals surface area contributed by atoms with Crippen molar-refractivity contribution < 1.29 is 14.6 Å². The van der Waals surface area contributed by atoms with Crippen LogP contribution in [0.4, 0.5) is 0 Å². The van der Waals surface area contributed by atoms with Gasteiger partial charge in [0.1, 0.15) is 18.5 Å². The molecule has 0 aromatic heterocycles. The summed E-state index contributed by atoms with van der Waals surface area (Å²) < 4.78 is 10.8. The van der Waals surface area contributed by atoms with E-state index < -0.39 is 6.10 Å². The predicted octanol–water partition coefficient (Wildman–Crippen LogP) is 1.85. The second-order valence-corrected chi connectivity index (χ2v) is 5.18. The maximum atomic E-state index is 9.84. The average Bonchev–Trinajstić information content (AvgIpc) is 2.45. The number of hydrogen-bond donors (Lipinski definition) is 2. The molecular weight excluding hydrogens is 266 g/mol. The van der Waals surface area contributed by atoms with Gasteiger partial charge in [0.05, 0.1) is 6.61 Å². The van der Waals surface area contributed by atoms with Crippen molar-refractivity contribution in [1.29, 1.82) is 0 Å². The first-order valence-corrected chi connectivity index (χ1v) is 6.99. The van der Waals surface area contributed by atoms with Crippen LogP contribution in [0.1, 0.15) is 12.8 Å². The van der Waals surface area contributed by atoms with E-state index in [1.165, 1.54) is 0 Å². The van der Waals surface area contributed by atoms with Gasteiger partial charge in [-0.05, 0) is 37.1 Å². The quantitative estimate of drug-likeness (QED) is 0.837. The fourth-order valence-corrected chi connectivity index (χ4v) is 2.11. The third kappa shape index (κ3) is 5.37. The van der Waals surface area contributed by atoms with Crippen LogP contribution in [0.25, 0.3) is 0 Å². The molecular formula is C14H20ClNO3. The molecule has 1 heterocycles. The van der Waals surface area contributed by atoms with Crippen LogP contribution in [0.5, 0.6) is 5.75 Å². The standard InChI is InChI=1S/C14H20ClNO3/c15-11-3-5-14(6-4-11)19-10-13(17)8-16-12-2-1-7-18-9-12/h3-6,12-13,16-17H,1-2,7-10H2. The first-order valence-electron chi connectivity index (χ1n) is 6.61. The lowest BCUT2D eigenvalue weighted by Gasteiger charge is -2.24. The summed E-state index contributed by atoms with van der Waals surface area (Å²) in [7, 11) is 0. The molecule has 0 aliphatic carbocycles. The second-order valence-electron chi connectivity index (χ2n) is 4.74. The Morgan fingerprint density at radius 3 is 2.89 bits per heavy atom. The summed E-state index contributed by atoms with van der Waals surface area (Å²) in [6.07, 6.45) is 1.65. The topological polar surface area (TPSA) is 50.7 Å². The molecule has 0 bridgehead atoms. The fraction of sp³-hybridized carbons (Fsp3) is 0.571. The fourth-order valence-electron chi connectivity index (χ4n) is 1.99. The highest BCUT2D eigenvalue weighted by Crippen LogP contribution is 2.15. The van der Waals surface area contributed by atoms with Crippen molar-refractivity contribution in [2.75, 3.05) is 26.4 Å². The minimum absolute atomic E-state index is 0.266. The van der Waals surface area contributed by atoms with Gasteiger partial charge in [-0.2, -0.15) is 0 Å². The number of nitrogens with one attached hydrogen (secondary N) is 1. The molecule has 0 radical (unpaired) electrons. The molecule has 0 saturated carbocycles. The number of aliphatic hydroxyl groups is 1. The van der Waals surface area contributed by atoms with Crippen molar-refractivity contribution in [3.63, 3.8) is 0 Å². The van der Waals surface area contributed by atoms with Crippen LogP contribution in [0.2, 0.25) is 5.02 Å². The largest absolute Gasteiger partial charge is 0.491 e. The highest BCUT2D eigenvalue weighted by atomic mass is 35.5. The molecule has 106 valence electrons. The van der Waals surface area contributed by atoms with Crippen molar-refractivity contribution in [1.82, 2.24) is 5.32 Å². The minimum Gasteiger partial charge on any atom is -0.491 e. The summed E-state index contributed by atoms with van der Waals surface area (Å²) in [6.45, 7) is 2.36. The van der Waals surface area contributed by atoms with Gasteiger partial charge in [0.2, 0.25) is 0 Å². The molecule has 4 nitrogen and oxygen atoms in total. The molecule has 1 aliphatic heterocycles. The Kier molecular flexibility index (Phi) is 5.92. The van der Waals surface area contributed by atoms with E-state index in [2.05, 4.69) is 5.32 Å². The molecule has 2 atom stereocenters. The zero-order valence-corrected chi connectivity index (χ0v) is 11.6. The first kappa shape index (κ1) is 14.6. The SMILES string of the molecule is OC(CNC1CCCOC1)COc1ccc(Cl)cc1. The van der Waals surface area contributed by atoms with Crippen LogP contribution in [0.3, 0.4) is 0 Å². The Bertz CT molecular complexity index is 365. The number of rotatable bonds is 6. The molecule has 1 aromatic rings. The van der Waals surface area contributed by atoms with Gasteiger partial charge in [-0.1, -0.05) is 11.6 Å². The monoisotopic (exact) mass is 285 g/mol. The van der Waals surface area contributed by atoms with Crippen LogP contribution >= 0.6 is 11.6 Å². The van der Waals surface area contributed by atoms with Gasteiger partial charge in [0, 0.05) is 24.2 Å². The van der Waals surface area contributed by atoms with Crippen molar-refractivity contribution >= 4 is 11.6 Å². The smallest absolute Gasteiger partial charge is 0.119 e. The maximum absolute atomic E-state index is 9.84. The molecule has 5 heteroatoms. The van der Waals surface area contributed by atoms with Crippen LogP contribution < -0.4 is 10.1 Å². The van der Waals surface area contributed by atoms with E-state index in [1.807, 2.05) is 0 Å². The van der Waals surface area contributed by atoms with Gasteiger partial charge in [0.25, 0.3) is 0 Å². The molecule has 1 aromatic carbocycles. The normalized spacial score (nSPS) is 21.1. The van der Waals surface area contributed by atoms with Gasteiger partial charge < -0.3 is 19.9 Å². The van der Waals surface area contributed by atoms with E-state index in [9.17, 15) is 5.11 Å². The number of aliphatic hydroxyl groups excluding tert-OH is 1. The third-order valence-corrected chi connectivity index (χ3v) is 3.31. The second kappa shape index (κ2) is 7.70. The first-order chi connectivity index (χ1) is 9.24. The lowest BCUT2D eigenvalue weighted by atomic mass is 10.1. The molecule has 1 saturated heterocycles. The van der Waals surface area contributed by atoms with E-state index >= 15 is 0 Å². The highest BCUT2D eigenvalue weighted by Gasteiger charge is 2.14. The lowest BCUT2D eigenvalue weighted by Crippen LogP contribution is -2.42. The molecule has 1 aliphatic rings. The van der Waals surface area contributed by atoms with E-state index in [0.29, 0.717) is 23.4 Å². The Morgan fingerprint density at radius 2 is 2.21 bits per heavy atom. The van der Waals surface area contributed by atoms with Crippen LogP contribution in [-0.4, -0.2) is 43.6 Å².